The quantitative estimate of drug-likeness (QED) is 0.310. The minimum atomic E-state index is 0. The van der Waals surface area contributed by atoms with Gasteiger partial charge in [0.05, 0.1) is 0 Å². The second kappa shape index (κ2) is 11.7. The Morgan fingerprint density at radius 2 is 1.91 bits per heavy atom. The van der Waals surface area contributed by atoms with Crippen LogP contribution in [0.25, 0.3) is 0 Å². The number of halogens is 1. The van der Waals surface area contributed by atoms with E-state index in [0.717, 1.165) is 44.6 Å². The number of anilines is 1. The van der Waals surface area contributed by atoms with Crippen molar-refractivity contribution in [3.05, 3.63) is 18.5 Å². The number of aliphatic imine (C=N–C) groups is 1. The third-order valence-electron chi connectivity index (χ3n) is 3.68. The van der Waals surface area contributed by atoms with Gasteiger partial charge in [-0.3, -0.25) is 4.99 Å². The molecule has 0 atom stereocenters. The van der Waals surface area contributed by atoms with E-state index in [9.17, 15) is 0 Å². The summed E-state index contributed by atoms with van der Waals surface area (Å²) in [5.41, 5.74) is 0. The van der Waals surface area contributed by atoms with E-state index in [1.807, 2.05) is 24.9 Å². The molecule has 0 aromatic carbocycles. The van der Waals surface area contributed by atoms with Gasteiger partial charge in [-0.25, -0.2) is 9.97 Å². The van der Waals surface area contributed by atoms with Crippen molar-refractivity contribution >= 4 is 47.6 Å². The number of thioether (sulfide) groups is 1. The maximum Gasteiger partial charge on any atom is 0.225 e. The van der Waals surface area contributed by atoms with Crippen molar-refractivity contribution in [1.82, 2.24) is 20.2 Å². The summed E-state index contributed by atoms with van der Waals surface area (Å²) >= 11 is 1.91. The number of nitrogens with zero attached hydrogens (tertiary/aromatic N) is 5. The first-order valence-corrected chi connectivity index (χ1v) is 9.21. The monoisotopic (exact) mass is 450 g/mol. The van der Waals surface area contributed by atoms with Gasteiger partial charge in [-0.1, -0.05) is 0 Å². The Labute approximate surface area is 160 Å². The number of hydrogen-bond donors (Lipinski definition) is 1. The van der Waals surface area contributed by atoms with Gasteiger partial charge in [-0.05, 0) is 30.9 Å². The molecule has 2 rings (SSSR count). The van der Waals surface area contributed by atoms with E-state index in [0.29, 0.717) is 0 Å². The fourth-order valence-electron chi connectivity index (χ4n) is 2.48. The van der Waals surface area contributed by atoms with Gasteiger partial charge in [0.2, 0.25) is 5.95 Å². The van der Waals surface area contributed by atoms with Crippen molar-refractivity contribution in [1.29, 1.82) is 0 Å². The Morgan fingerprint density at radius 3 is 2.52 bits per heavy atom. The minimum absolute atomic E-state index is 0. The average molecular weight is 450 g/mol. The highest BCUT2D eigenvalue weighted by atomic mass is 127. The summed E-state index contributed by atoms with van der Waals surface area (Å²) in [6, 6.07) is 1.85. The predicted octanol–water partition coefficient (Wildman–Crippen LogP) is 1.94. The molecule has 1 aliphatic heterocycles. The number of unbranched alkanes of at least 4 members (excludes halogenated alkanes) is 1. The van der Waals surface area contributed by atoms with Gasteiger partial charge in [0, 0.05) is 52.2 Å². The number of nitrogens with one attached hydrogen (secondary N) is 1. The lowest BCUT2D eigenvalue weighted by Gasteiger charge is -2.36. The molecule has 1 aliphatic rings. The van der Waals surface area contributed by atoms with Crippen LogP contribution in [-0.2, 0) is 0 Å². The van der Waals surface area contributed by atoms with Gasteiger partial charge in [0.15, 0.2) is 5.96 Å². The van der Waals surface area contributed by atoms with Crippen molar-refractivity contribution in [2.45, 2.75) is 12.8 Å². The van der Waals surface area contributed by atoms with Gasteiger partial charge in [-0.15, -0.1) is 24.0 Å². The van der Waals surface area contributed by atoms with Gasteiger partial charge in [-0.2, -0.15) is 11.8 Å². The SMILES string of the molecule is CN=C(NCCCCSC)N1CCN(c2ncccn2)CC1.I. The van der Waals surface area contributed by atoms with Crippen molar-refractivity contribution < 1.29 is 0 Å². The van der Waals surface area contributed by atoms with E-state index < -0.39 is 0 Å². The maximum atomic E-state index is 4.40. The van der Waals surface area contributed by atoms with Crippen molar-refractivity contribution in [3.8, 4) is 0 Å². The molecule has 0 spiro atoms. The molecule has 23 heavy (non-hydrogen) atoms. The molecule has 6 nitrogen and oxygen atoms in total. The first-order chi connectivity index (χ1) is 10.8. The summed E-state index contributed by atoms with van der Waals surface area (Å²) in [6.45, 7) is 4.75. The number of guanidine groups is 1. The summed E-state index contributed by atoms with van der Waals surface area (Å²) in [7, 11) is 1.86. The largest absolute Gasteiger partial charge is 0.356 e. The molecule has 0 bridgehead atoms. The predicted molar refractivity (Wildman–Crippen MR) is 110 cm³/mol. The van der Waals surface area contributed by atoms with Gasteiger partial charge in [0.1, 0.15) is 0 Å². The summed E-state index contributed by atoms with van der Waals surface area (Å²) in [6.07, 6.45) is 8.19. The maximum absolute atomic E-state index is 4.40. The normalized spacial score (nSPS) is 15.3. The first-order valence-electron chi connectivity index (χ1n) is 7.81. The lowest BCUT2D eigenvalue weighted by atomic mass is 10.3. The Kier molecular flexibility index (Phi) is 10.3. The van der Waals surface area contributed by atoms with Crippen molar-refractivity contribution in [2.75, 3.05) is 56.7 Å². The van der Waals surface area contributed by atoms with Gasteiger partial charge < -0.3 is 15.1 Å². The first kappa shape index (κ1) is 20.3. The molecule has 1 aromatic heterocycles. The average Bonchev–Trinajstić information content (AvgIpc) is 2.59. The van der Waals surface area contributed by atoms with E-state index in [1.54, 1.807) is 12.4 Å². The van der Waals surface area contributed by atoms with Gasteiger partial charge in [0.25, 0.3) is 0 Å². The second-order valence-electron chi connectivity index (χ2n) is 5.20. The number of rotatable bonds is 6. The van der Waals surface area contributed by atoms with Gasteiger partial charge >= 0.3 is 0 Å². The summed E-state index contributed by atoms with van der Waals surface area (Å²) < 4.78 is 0. The van der Waals surface area contributed by atoms with Crippen molar-refractivity contribution in [2.24, 2.45) is 4.99 Å². The Balaban J connectivity index is 0.00000264. The van der Waals surface area contributed by atoms with Crippen LogP contribution in [0, 0.1) is 0 Å². The van der Waals surface area contributed by atoms with E-state index in [2.05, 4.69) is 36.3 Å². The van der Waals surface area contributed by atoms with Crippen LogP contribution in [0.15, 0.2) is 23.5 Å². The fraction of sp³-hybridized carbons (Fsp3) is 0.667. The Bertz CT molecular complexity index is 451. The molecular weight excluding hydrogens is 423 g/mol. The Morgan fingerprint density at radius 1 is 1.22 bits per heavy atom. The molecule has 1 saturated heterocycles. The summed E-state index contributed by atoms with van der Waals surface area (Å²) in [4.78, 5) is 17.6. The topological polar surface area (TPSA) is 56.7 Å². The van der Waals surface area contributed by atoms with Crippen LogP contribution in [0.4, 0.5) is 5.95 Å². The van der Waals surface area contributed by atoms with Crippen LogP contribution >= 0.6 is 35.7 Å². The molecular formula is C15H27IN6S. The molecule has 0 radical (unpaired) electrons. The Hall–Kier alpha value is -0.770. The molecule has 1 aromatic rings. The van der Waals surface area contributed by atoms with E-state index >= 15 is 0 Å². The van der Waals surface area contributed by atoms with Crippen LogP contribution in [0.1, 0.15) is 12.8 Å². The molecule has 8 heteroatoms. The zero-order chi connectivity index (χ0) is 15.6. The lowest BCUT2D eigenvalue weighted by Crippen LogP contribution is -2.53. The number of aromatic nitrogens is 2. The fourth-order valence-corrected chi connectivity index (χ4v) is 2.97. The molecule has 2 heterocycles. The van der Waals surface area contributed by atoms with Crippen LogP contribution in [-0.4, -0.2) is 72.6 Å². The zero-order valence-electron chi connectivity index (χ0n) is 13.9. The molecule has 1 fully saturated rings. The number of hydrogen-bond acceptors (Lipinski definition) is 5. The van der Waals surface area contributed by atoms with E-state index in [1.165, 1.54) is 18.6 Å². The highest BCUT2D eigenvalue weighted by Gasteiger charge is 2.20. The lowest BCUT2D eigenvalue weighted by molar-refractivity contribution is 0.370. The van der Waals surface area contributed by atoms with Crippen LogP contribution in [0.3, 0.4) is 0 Å². The molecule has 130 valence electrons. The molecule has 0 saturated carbocycles. The highest BCUT2D eigenvalue weighted by molar-refractivity contribution is 14.0. The molecule has 1 N–H and O–H groups in total. The molecule has 0 aliphatic carbocycles. The standard InChI is InChI=1S/C15H26N6S.HI/c1-16-14(17-6-3-4-13-22-2)20-9-11-21(12-10-20)15-18-7-5-8-19-15;/h5,7-8H,3-4,6,9-13H2,1-2H3,(H,16,17);1H. The third kappa shape index (κ3) is 6.70. The van der Waals surface area contributed by atoms with E-state index in [-0.39, 0.29) is 24.0 Å². The highest BCUT2D eigenvalue weighted by Crippen LogP contribution is 2.09. The minimum Gasteiger partial charge on any atom is -0.356 e. The van der Waals surface area contributed by atoms with Crippen molar-refractivity contribution in [3.63, 3.8) is 0 Å². The number of piperazine rings is 1. The summed E-state index contributed by atoms with van der Waals surface area (Å²) in [5, 5.41) is 3.47. The third-order valence-corrected chi connectivity index (χ3v) is 4.38. The zero-order valence-corrected chi connectivity index (χ0v) is 17.1. The van der Waals surface area contributed by atoms with Crippen LogP contribution in [0.5, 0.6) is 0 Å². The van der Waals surface area contributed by atoms with E-state index in [4.69, 9.17) is 0 Å². The summed E-state index contributed by atoms with van der Waals surface area (Å²) in [5.74, 6) is 3.07. The molecule has 0 unspecified atom stereocenters. The second-order valence-corrected chi connectivity index (χ2v) is 6.18. The molecule has 0 amide bonds. The van der Waals surface area contributed by atoms with Crippen LogP contribution < -0.4 is 10.2 Å². The smallest absolute Gasteiger partial charge is 0.225 e. The van der Waals surface area contributed by atoms with Crippen LogP contribution in [0.2, 0.25) is 0 Å².